The molecule has 1 aliphatic heterocycles. The lowest BCUT2D eigenvalue weighted by molar-refractivity contribution is 0.141. The Morgan fingerprint density at radius 1 is 1.23 bits per heavy atom. The molecule has 1 unspecified atom stereocenters. The minimum Gasteiger partial charge on any atom is -0.490 e. The second-order valence-electron chi connectivity index (χ2n) is 7.24. The minimum absolute atomic E-state index is 0.0553. The number of nitrogens with zero attached hydrogens (tertiary/aromatic N) is 1. The molecule has 120 valence electrons. The van der Waals surface area contributed by atoms with Gasteiger partial charge < -0.3 is 15.2 Å². The number of hydrogen-bond donors (Lipinski definition) is 1. The number of nitrogens with two attached hydrogens (primary N) is 1. The first-order valence-electron chi connectivity index (χ1n) is 8.21. The van der Waals surface area contributed by atoms with Crippen LogP contribution in [-0.2, 0) is 4.74 Å². The summed E-state index contributed by atoms with van der Waals surface area (Å²) in [5.74, 6) is 1.59. The maximum absolute atomic E-state index is 5.76. The highest BCUT2D eigenvalue weighted by atomic mass is 16.5. The Hall–Kier alpha value is -1.71. The molecule has 4 nitrogen and oxygen atoms in total. The van der Waals surface area contributed by atoms with E-state index in [0.717, 1.165) is 5.75 Å². The Morgan fingerprint density at radius 3 is 2.50 bits per heavy atom. The number of benzene rings is 1. The van der Waals surface area contributed by atoms with E-state index >= 15 is 0 Å². The molecule has 2 N–H and O–H groups in total. The van der Waals surface area contributed by atoms with Crippen LogP contribution in [0.1, 0.15) is 51.0 Å². The summed E-state index contributed by atoms with van der Waals surface area (Å²) in [5.41, 5.74) is 7.44. The molecule has 0 amide bonds. The fraction of sp³-hybridized carbons (Fsp3) is 0.611. The highest BCUT2D eigenvalue weighted by Crippen LogP contribution is 2.42. The maximum atomic E-state index is 5.76. The van der Waals surface area contributed by atoms with Gasteiger partial charge in [0.1, 0.15) is 12.4 Å². The molecular formula is C18H26N2O2. The van der Waals surface area contributed by atoms with E-state index in [2.05, 4.69) is 43.1 Å². The molecule has 3 rings (SSSR count). The highest BCUT2D eigenvalue weighted by molar-refractivity contribution is 5.73. The number of ether oxygens (including phenoxy) is 2. The van der Waals surface area contributed by atoms with Crippen molar-refractivity contribution in [3.63, 3.8) is 0 Å². The summed E-state index contributed by atoms with van der Waals surface area (Å²) in [6.07, 6.45) is 5.16. The first kappa shape index (κ1) is 15.2. The Labute approximate surface area is 132 Å². The molecule has 22 heavy (non-hydrogen) atoms. The van der Waals surface area contributed by atoms with Crippen molar-refractivity contribution in [3.05, 3.63) is 29.8 Å². The van der Waals surface area contributed by atoms with Gasteiger partial charge in [0.15, 0.2) is 6.10 Å². The fourth-order valence-electron chi connectivity index (χ4n) is 3.28. The van der Waals surface area contributed by atoms with Gasteiger partial charge >= 0.3 is 0 Å². The zero-order valence-corrected chi connectivity index (χ0v) is 13.5. The SMILES string of the molecule is CC1(C)CCC(c2ccc(OCC3CN=C(N)O3)cc2)CC1. The molecule has 0 bridgehead atoms. The summed E-state index contributed by atoms with van der Waals surface area (Å²) in [6, 6.07) is 8.81. The maximum Gasteiger partial charge on any atom is 0.282 e. The zero-order chi connectivity index (χ0) is 15.6. The molecule has 0 aromatic heterocycles. The predicted molar refractivity (Wildman–Crippen MR) is 88.3 cm³/mol. The van der Waals surface area contributed by atoms with Crippen molar-refractivity contribution in [2.75, 3.05) is 13.2 Å². The van der Waals surface area contributed by atoms with Gasteiger partial charge in [-0.05, 0) is 54.7 Å². The Morgan fingerprint density at radius 2 is 1.91 bits per heavy atom. The average Bonchev–Trinajstić information content (AvgIpc) is 2.91. The van der Waals surface area contributed by atoms with Crippen molar-refractivity contribution < 1.29 is 9.47 Å². The molecular weight excluding hydrogens is 276 g/mol. The molecule has 0 radical (unpaired) electrons. The number of hydrogen-bond acceptors (Lipinski definition) is 4. The lowest BCUT2D eigenvalue weighted by atomic mass is 9.71. The van der Waals surface area contributed by atoms with Crippen molar-refractivity contribution in [1.82, 2.24) is 0 Å². The third kappa shape index (κ3) is 3.73. The summed E-state index contributed by atoms with van der Waals surface area (Å²) in [6.45, 7) is 5.83. The summed E-state index contributed by atoms with van der Waals surface area (Å²) in [5, 5.41) is 0. The van der Waals surface area contributed by atoms with Gasteiger partial charge in [0, 0.05) is 0 Å². The molecule has 1 aromatic rings. The van der Waals surface area contributed by atoms with E-state index in [1.807, 2.05) is 0 Å². The highest BCUT2D eigenvalue weighted by Gasteiger charge is 2.27. The lowest BCUT2D eigenvalue weighted by Crippen LogP contribution is -2.24. The van der Waals surface area contributed by atoms with Crippen LogP contribution in [0.5, 0.6) is 5.75 Å². The second-order valence-corrected chi connectivity index (χ2v) is 7.24. The molecule has 1 heterocycles. The molecule has 2 aliphatic rings. The van der Waals surface area contributed by atoms with Gasteiger partial charge in [-0.25, -0.2) is 4.99 Å². The molecule has 0 spiro atoms. The van der Waals surface area contributed by atoms with Gasteiger partial charge in [0.25, 0.3) is 6.02 Å². The lowest BCUT2D eigenvalue weighted by Gasteiger charge is -2.34. The number of rotatable bonds is 4. The molecule has 0 saturated heterocycles. The largest absolute Gasteiger partial charge is 0.490 e. The van der Waals surface area contributed by atoms with Crippen molar-refractivity contribution in [2.24, 2.45) is 16.1 Å². The van der Waals surface area contributed by atoms with E-state index in [1.54, 1.807) is 0 Å². The van der Waals surface area contributed by atoms with Crippen LogP contribution < -0.4 is 10.5 Å². The minimum atomic E-state index is -0.0553. The van der Waals surface area contributed by atoms with E-state index in [4.69, 9.17) is 15.2 Å². The van der Waals surface area contributed by atoms with Gasteiger partial charge in [-0.15, -0.1) is 0 Å². The van der Waals surface area contributed by atoms with Gasteiger partial charge in [0.05, 0.1) is 6.54 Å². The standard InChI is InChI=1S/C18H26N2O2/c1-18(2)9-7-14(8-10-18)13-3-5-15(6-4-13)21-12-16-11-20-17(19)22-16/h3-6,14,16H,7-12H2,1-2H3,(H2,19,20). The summed E-state index contributed by atoms with van der Waals surface area (Å²) in [7, 11) is 0. The topological polar surface area (TPSA) is 56.8 Å². The van der Waals surface area contributed by atoms with Crippen LogP contribution in [0.25, 0.3) is 0 Å². The number of aliphatic imine (C=N–C) groups is 1. The Balaban J connectivity index is 1.50. The summed E-state index contributed by atoms with van der Waals surface area (Å²) in [4.78, 5) is 4.01. The van der Waals surface area contributed by atoms with E-state index in [-0.39, 0.29) is 12.1 Å². The third-order valence-electron chi connectivity index (χ3n) is 4.86. The summed E-state index contributed by atoms with van der Waals surface area (Å²) < 4.78 is 11.1. The van der Waals surface area contributed by atoms with Crippen LogP contribution in [0.4, 0.5) is 0 Å². The van der Waals surface area contributed by atoms with Gasteiger partial charge in [-0.1, -0.05) is 26.0 Å². The summed E-state index contributed by atoms with van der Waals surface area (Å²) >= 11 is 0. The monoisotopic (exact) mass is 302 g/mol. The predicted octanol–water partition coefficient (Wildman–Crippen LogP) is 3.46. The first-order valence-corrected chi connectivity index (χ1v) is 8.21. The van der Waals surface area contributed by atoms with Crippen LogP contribution in [0.15, 0.2) is 29.3 Å². The van der Waals surface area contributed by atoms with Crippen LogP contribution in [0, 0.1) is 5.41 Å². The van der Waals surface area contributed by atoms with Crippen molar-refractivity contribution in [3.8, 4) is 5.75 Å². The van der Waals surface area contributed by atoms with E-state index < -0.39 is 0 Å². The van der Waals surface area contributed by atoms with Crippen LogP contribution >= 0.6 is 0 Å². The van der Waals surface area contributed by atoms with Crippen molar-refractivity contribution in [2.45, 2.75) is 51.6 Å². The van der Waals surface area contributed by atoms with E-state index in [1.165, 1.54) is 31.2 Å². The molecule has 1 aromatic carbocycles. The molecule has 1 aliphatic carbocycles. The van der Waals surface area contributed by atoms with Crippen molar-refractivity contribution >= 4 is 6.02 Å². The van der Waals surface area contributed by atoms with Gasteiger partial charge in [-0.3, -0.25) is 0 Å². The van der Waals surface area contributed by atoms with Crippen LogP contribution in [0.2, 0.25) is 0 Å². The molecule has 4 heteroatoms. The van der Waals surface area contributed by atoms with Crippen LogP contribution in [-0.4, -0.2) is 25.3 Å². The Bertz CT molecular complexity index is 527. The van der Waals surface area contributed by atoms with E-state index in [9.17, 15) is 0 Å². The van der Waals surface area contributed by atoms with Gasteiger partial charge in [-0.2, -0.15) is 0 Å². The van der Waals surface area contributed by atoms with Gasteiger partial charge in [0.2, 0.25) is 0 Å². The average molecular weight is 302 g/mol. The molecule has 1 fully saturated rings. The first-order chi connectivity index (χ1) is 10.5. The fourth-order valence-corrected chi connectivity index (χ4v) is 3.28. The zero-order valence-electron chi connectivity index (χ0n) is 13.5. The smallest absolute Gasteiger partial charge is 0.282 e. The quantitative estimate of drug-likeness (QED) is 0.926. The Kier molecular flexibility index (Phi) is 4.27. The number of amidine groups is 1. The van der Waals surface area contributed by atoms with Crippen LogP contribution in [0.3, 0.4) is 0 Å². The van der Waals surface area contributed by atoms with E-state index in [0.29, 0.717) is 24.5 Å². The molecule has 1 atom stereocenters. The second kappa shape index (κ2) is 6.19. The molecule has 1 saturated carbocycles. The van der Waals surface area contributed by atoms with Crippen molar-refractivity contribution in [1.29, 1.82) is 0 Å². The third-order valence-corrected chi connectivity index (χ3v) is 4.86. The normalized spacial score (nSPS) is 24.6.